The Kier molecular flexibility index (Phi) is 5.39. The highest BCUT2D eigenvalue weighted by Gasteiger charge is 2.53. The Balaban J connectivity index is 1.20. The molecule has 0 saturated carbocycles. The zero-order valence-electron chi connectivity index (χ0n) is 20.0. The van der Waals surface area contributed by atoms with Crippen LogP contribution in [0.3, 0.4) is 0 Å². The summed E-state index contributed by atoms with van der Waals surface area (Å²) in [6.45, 7) is 3.08. The third-order valence-corrected chi connectivity index (χ3v) is 8.59. The van der Waals surface area contributed by atoms with E-state index in [4.69, 9.17) is 9.47 Å². The first-order valence-corrected chi connectivity index (χ1v) is 12.5. The van der Waals surface area contributed by atoms with Gasteiger partial charge in [-0.25, -0.2) is 0 Å². The molecule has 176 valence electrons. The molecule has 0 amide bonds. The van der Waals surface area contributed by atoms with Gasteiger partial charge in [-0.05, 0) is 72.7 Å². The molecule has 2 bridgehead atoms. The monoisotopic (exact) mass is 455 g/mol. The van der Waals surface area contributed by atoms with Crippen molar-refractivity contribution in [2.75, 3.05) is 33.9 Å². The van der Waals surface area contributed by atoms with Crippen molar-refractivity contribution in [2.45, 2.75) is 36.7 Å². The van der Waals surface area contributed by atoms with E-state index in [1.54, 1.807) is 14.2 Å². The van der Waals surface area contributed by atoms with Crippen LogP contribution in [0.1, 0.15) is 59.1 Å². The summed E-state index contributed by atoms with van der Waals surface area (Å²) in [4.78, 5) is 2.63. The predicted molar refractivity (Wildman–Crippen MR) is 134 cm³/mol. The molecule has 3 aromatic carbocycles. The van der Waals surface area contributed by atoms with Crippen molar-refractivity contribution in [3.05, 3.63) is 94.5 Å². The zero-order valence-corrected chi connectivity index (χ0v) is 20.0. The Hall–Kier alpha value is -2.82. The molecular formula is C30H33NO3. The molecule has 1 saturated heterocycles. The SMILES string of the molecule is COc1ccc([C@@H](O)C2CCN(CC34CC(c5ccccc53)c3ccccc34)CC2)c(OC)c1. The van der Waals surface area contributed by atoms with Gasteiger partial charge in [-0.2, -0.15) is 0 Å². The van der Waals surface area contributed by atoms with Gasteiger partial charge in [-0.1, -0.05) is 48.5 Å². The molecule has 1 fully saturated rings. The minimum absolute atomic E-state index is 0.0997. The molecule has 0 aromatic heterocycles. The predicted octanol–water partition coefficient (Wildman–Crippen LogP) is 5.28. The lowest BCUT2D eigenvalue weighted by Gasteiger charge is -2.40. The number of rotatable bonds is 6. The van der Waals surface area contributed by atoms with Crippen LogP contribution in [0.25, 0.3) is 0 Å². The van der Waals surface area contributed by atoms with E-state index in [9.17, 15) is 5.11 Å². The van der Waals surface area contributed by atoms with Gasteiger partial charge in [0.05, 0.1) is 20.3 Å². The van der Waals surface area contributed by atoms with Crippen LogP contribution >= 0.6 is 0 Å². The number of benzene rings is 3. The highest BCUT2D eigenvalue weighted by molar-refractivity contribution is 5.63. The summed E-state index contributed by atoms with van der Waals surface area (Å²) >= 11 is 0. The Morgan fingerprint density at radius 2 is 1.56 bits per heavy atom. The molecule has 3 aromatic rings. The molecular weight excluding hydrogens is 422 g/mol. The van der Waals surface area contributed by atoms with Crippen molar-refractivity contribution in [3.8, 4) is 11.5 Å². The molecule has 4 heteroatoms. The Morgan fingerprint density at radius 1 is 0.912 bits per heavy atom. The average molecular weight is 456 g/mol. The second kappa shape index (κ2) is 8.44. The first-order valence-electron chi connectivity index (χ1n) is 12.5. The molecule has 34 heavy (non-hydrogen) atoms. The number of hydrogen-bond acceptors (Lipinski definition) is 4. The standard InChI is InChI=1S/C30H33NO3/c1-33-21-11-12-24(28(17-21)34-2)29(32)20-13-15-31(16-14-20)19-30-18-25(22-7-3-5-9-26(22)30)23-8-4-6-10-27(23)30/h3-12,17,20,25,29,32H,13-16,18-19H2,1-2H3/t25?,29-,30?/m0/s1. The van der Waals surface area contributed by atoms with Gasteiger partial charge >= 0.3 is 0 Å². The van der Waals surface area contributed by atoms with Crippen LogP contribution < -0.4 is 9.47 Å². The molecule has 1 heterocycles. The molecule has 0 spiro atoms. The Labute approximate surface area is 202 Å². The zero-order chi connectivity index (χ0) is 23.3. The Bertz CT molecular complexity index is 1150. The summed E-state index contributed by atoms with van der Waals surface area (Å²) in [5.41, 5.74) is 7.07. The number of fused-ring (bicyclic) bond motifs is 8. The molecule has 0 unspecified atom stereocenters. The van der Waals surface area contributed by atoms with Crippen molar-refractivity contribution in [2.24, 2.45) is 5.92 Å². The maximum atomic E-state index is 11.2. The average Bonchev–Trinajstić information content (AvgIpc) is 3.40. The summed E-state index contributed by atoms with van der Waals surface area (Å²) < 4.78 is 10.9. The first-order chi connectivity index (χ1) is 16.6. The smallest absolute Gasteiger partial charge is 0.128 e. The number of ether oxygens (including phenoxy) is 2. The summed E-state index contributed by atoms with van der Waals surface area (Å²) in [5.74, 6) is 2.21. The minimum Gasteiger partial charge on any atom is -0.497 e. The van der Waals surface area contributed by atoms with Crippen molar-refractivity contribution in [1.82, 2.24) is 4.90 Å². The third-order valence-electron chi connectivity index (χ3n) is 8.59. The van der Waals surface area contributed by atoms with E-state index in [0.29, 0.717) is 11.7 Å². The van der Waals surface area contributed by atoms with E-state index < -0.39 is 6.10 Å². The fourth-order valence-electron chi connectivity index (χ4n) is 6.93. The molecule has 4 nitrogen and oxygen atoms in total. The summed E-state index contributed by atoms with van der Waals surface area (Å²) in [6, 6.07) is 23.9. The summed E-state index contributed by atoms with van der Waals surface area (Å²) in [5, 5.41) is 11.2. The molecule has 1 N–H and O–H groups in total. The van der Waals surface area contributed by atoms with Crippen LogP contribution in [-0.2, 0) is 5.41 Å². The topological polar surface area (TPSA) is 41.9 Å². The second-order valence-corrected chi connectivity index (χ2v) is 10.2. The number of methoxy groups -OCH3 is 2. The van der Waals surface area contributed by atoms with Crippen LogP contribution in [-0.4, -0.2) is 43.9 Å². The van der Waals surface area contributed by atoms with E-state index in [0.717, 1.165) is 43.8 Å². The van der Waals surface area contributed by atoms with Gasteiger partial charge in [-0.3, -0.25) is 0 Å². The highest BCUT2D eigenvalue weighted by atomic mass is 16.5. The lowest BCUT2D eigenvalue weighted by molar-refractivity contribution is 0.0524. The lowest BCUT2D eigenvalue weighted by atomic mass is 9.74. The molecule has 2 aliphatic carbocycles. The number of aliphatic hydroxyl groups is 1. The largest absolute Gasteiger partial charge is 0.497 e. The number of nitrogens with zero attached hydrogens (tertiary/aromatic N) is 1. The van der Waals surface area contributed by atoms with E-state index >= 15 is 0 Å². The van der Waals surface area contributed by atoms with Crippen molar-refractivity contribution >= 4 is 0 Å². The minimum atomic E-state index is -0.523. The van der Waals surface area contributed by atoms with Crippen LogP contribution in [0, 0.1) is 5.92 Å². The van der Waals surface area contributed by atoms with Crippen LogP contribution in [0.5, 0.6) is 11.5 Å². The molecule has 1 atom stereocenters. The van der Waals surface area contributed by atoms with Crippen molar-refractivity contribution < 1.29 is 14.6 Å². The molecule has 6 rings (SSSR count). The van der Waals surface area contributed by atoms with Crippen molar-refractivity contribution in [1.29, 1.82) is 0 Å². The fourth-order valence-corrected chi connectivity index (χ4v) is 6.93. The number of piperidine rings is 1. The number of hydrogen-bond donors (Lipinski definition) is 1. The van der Waals surface area contributed by atoms with Gasteiger partial charge in [0.15, 0.2) is 0 Å². The van der Waals surface area contributed by atoms with Gasteiger partial charge in [0.2, 0.25) is 0 Å². The highest BCUT2D eigenvalue weighted by Crippen LogP contribution is 2.60. The fraction of sp³-hybridized carbons (Fsp3) is 0.400. The van der Waals surface area contributed by atoms with E-state index in [1.807, 2.05) is 18.2 Å². The van der Waals surface area contributed by atoms with E-state index in [1.165, 1.54) is 28.7 Å². The van der Waals surface area contributed by atoms with Gasteiger partial charge < -0.3 is 19.5 Å². The van der Waals surface area contributed by atoms with E-state index in [-0.39, 0.29) is 11.3 Å². The van der Waals surface area contributed by atoms with Crippen LogP contribution in [0.2, 0.25) is 0 Å². The van der Waals surface area contributed by atoms with Crippen molar-refractivity contribution in [3.63, 3.8) is 0 Å². The normalized spacial score (nSPS) is 24.5. The first kappa shape index (κ1) is 21.7. The maximum Gasteiger partial charge on any atom is 0.128 e. The van der Waals surface area contributed by atoms with Gasteiger partial charge in [0, 0.05) is 29.5 Å². The second-order valence-electron chi connectivity index (χ2n) is 10.2. The van der Waals surface area contributed by atoms with E-state index in [2.05, 4.69) is 53.4 Å². The van der Waals surface area contributed by atoms with Crippen LogP contribution in [0.15, 0.2) is 66.7 Å². The van der Waals surface area contributed by atoms with Crippen LogP contribution in [0.4, 0.5) is 0 Å². The molecule has 0 radical (unpaired) electrons. The van der Waals surface area contributed by atoms with Gasteiger partial charge in [0.1, 0.15) is 11.5 Å². The van der Waals surface area contributed by atoms with Gasteiger partial charge in [0.25, 0.3) is 0 Å². The summed E-state index contributed by atoms with van der Waals surface area (Å²) in [6.07, 6.45) is 2.64. The maximum absolute atomic E-state index is 11.2. The summed E-state index contributed by atoms with van der Waals surface area (Å²) in [7, 11) is 3.30. The molecule has 1 aliphatic heterocycles. The lowest BCUT2D eigenvalue weighted by Crippen LogP contribution is -2.44. The van der Waals surface area contributed by atoms with Gasteiger partial charge in [-0.15, -0.1) is 0 Å². The number of aliphatic hydroxyl groups excluding tert-OH is 1. The quantitative estimate of drug-likeness (QED) is 0.549. The third kappa shape index (κ3) is 3.27. The Morgan fingerprint density at radius 3 is 2.18 bits per heavy atom. The number of likely N-dealkylation sites (tertiary alicyclic amines) is 1. The molecule has 3 aliphatic rings.